The second-order valence-electron chi connectivity index (χ2n) is 7.10. The summed E-state index contributed by atoms with van der Waals surface area (Å²) in [6, 6.07) is 12.0. The van der Waals surface area contributed by atoms with Crippen molar-refractivity contribution in [2.24, 2.45) is 0 Å². The zero-order valence-electron chi connectivity index (χ0n) is 15.3. The first-order valence-corrected chi connectivity index (χ1v) is 10.4. The zero-order chi connectivity index (χ0) is 18.8. The fourth-order valence-electron chi connectivity index (χ4n) is 3.65. The highest BCUT2D eigenvalue weighted by molar-refractivity contribution is 7.22. The van der Waals surface area contributed by atoms with E-state index >= 15 is 0 Å². The topological polar surface area (TPSA) is 36.4 Å². The molecule has 1 fully saturated rings. The summed E-state index contributed by atoms with van der Waals surface area (Å²) in [5.74, 6) is 0. The molecule has 2 aromatic carbocycles. The van der Waals surface area contributed by atoms with Gasteiger partial charge < -0.3 is 4.90 Å². The minimum atomic E-state index is 0.757. The quantitative estimate of drug-likeness (QED) is 0.591. The number of hydrogen-bond acceptors (Lipinski definition) is 5. The van der Waals surface area contributed by atoms with Crippen molar-refractivity contribution < 1.29 is 4.79 Å². The van der Waals surface area contributed by atoms with Crippen molar-refractivity contribution >= 4 is 44.6 Å². The second kappa shape index (κ2) is 7.97. The van der Waals surface area contributed by atoms with E-state index in [9.17, 15) is 4.79 Å². The maximum absolute atomic E-state index is 11.1. The third-order valence-electron chi connectivity index (χ3n) is 4.90. The Hall–Kier alpha value is -1.95. The average Bonchev–Trinajstić information content (AvgIpc) is 2.92. The van der Waals surface area contributed by atoms with Gasteiger partial charge in [0.15, 0.2) is 5.13 Å². The first-order chi connectivity index (χ1) is 13.1. The number of aldehydes is 1. The van der Waals surface area contributed by atoms with Gasteiger partial charge in [-0.1, -0.05) is 34.6 Å². The molecule has 4 nitrogen and oxygen atoms in total. The number of carbonyl (C=O) groups excluding carboxylic acids is 1. The lowest BCUT2D eigenvalue weighted by Crippen LogP contribution is -2.30. The number of carbonyl (C=O) groups is 1. The van der Waals surface area contributed by atoms with Gasteiger partial charge in [-0.2, -0.15) is 0 Å². The molecule has 2 heterocycles. The number of benzene rings is 2. The number of hydrogen-bond donors (Lipinski definition) is 0. The molecule has 27 heavy (non-hydrogen) atoms. The van der Waals surface area contributed by atoms with Gasteiger partial charge in [-0.15, -0.1) is 0 Å². The molecule has 140 valence electrons. The molecule has 1 aliphatic rings. The summed E-state index contributed by atoms with van der Waals surface area (Å²) in [4.78, 5) is 20.8. The Bertz CT molecular complexity index is 971. The molecule has 1 aliphatic heterocycles. The molecular formula is C21H22ClN3OS. The van der Waals surface area contributed by atoms with Gasteiger partial charge in [-0.05, 0) is 49.2 Å². The molecule has 0 saturated carbocycles. The highest BCUT2D eigenvalue weighted by atomic mass is 35.5. The van der Waals surface area contributed by atoms with Crippen LogP contribution >= 0.6 is 22.9 Å². The van der Waals surface area contributed by atoms with Gasteiger partial charge in [0.2, 0.25) is 0 Å². The summed E-state index contributed by atoms with van der Waals surface area (Å²) in [6.45, 7) is 6.93. The van der Waals surface area contributed by atoms with Crippen molar-refractivity contribution in [2.45, 2.75) is 19.9 Å². The van der Waals surface area contributed by atoms with Crippen molar-refractivity contribution in [2.75, 3.05) is 31.1 Å². The molecule has 0 amide bonds. The number of nitrogens with zero attached hydrogens (tertiary/aromatic N) is 3. The van der Waals surface area contributed by atoms with E-state index in [2.05, 4.69) is 15.9 Å². The van der Waals surface area contributed by atoms with Crippen LogP contribution in [0.2, 0.25) is 5.02 Å². The van der Waals surface area contributed by atoms with Crippen LogP contribution in [0.3, 0.4) is 0 Å². The largest absolute Gasteiger partial charge is 0.347 e. The summed E-state index contributed by atoms with van der Waals surface area (Å²) >= 11 is 7.82. The van der Waals surface area contributed by atoms with Crippen molar-refractivity contribution in [3.63, 3.8) is 0 Å². The van der Waals surface area contributed by atoms with Crippen LogP contribution < -0.4 is 4.90 Å². The number of halogens is 1. The summed E-state index contributed by atoms with van der Waals surface area (Å²) in [7, 11) is 0. The van der Waals surface area contributed by atoms with Crippen LogP contribution in [0.4, 0.5) is 5.13 Å². The van der Waals surface area contributed by atoms with E-state index in [0.29, 0.717) is 0 Å². The van der Waals surface area contributed by atoms with Crippen molar-refractivity contribution in [3.8, 4) is 0 Å². The van der Waals surface area contributed by atoms with Crippen LogP contribution in [0.15, 0.2) is 36.4 Å². The van der Waals surface area contributed by atoms with Crippen molar-refractivity contribution in [1.29, 1.82) is 0 Å². The maximum atomic E-state index is 11.1. The van der Waals surface area contributed by atoms with Gasteiger partial charge in [-0.3, -0.25) is 9.69 Å². The lowest BCUT2D eigenvalue weighted by molar-refractivity contribution is 0.112. The lowest BCUT2D eigenvalue weighted by Gasteiger charge is -2.21. The lowest BCUT2D eigenvalue weighted by atomic mass is 10.1. The Morgan fingerprint density at radius 3 is 2.89 bits per heavy atom. The molecule has 0 radical (unpaired) electrons. The molecule has 0 aliphatic carbocycles. The van der Waals surface area contributed by atoms with Crippen LogP contribution in [-0.2, 0) is 6.54 Å². The minimum Gasteiger partial charge on any atom is -0.347 e. The molecule has 0 N–H and O–H groups in total. The minimum absolute atomic E-state index is 0.757. The van der Waals surface area contributed by atoms with Gasteiger partial charge in [0.25, 0.3) is 0 Å². The summed E-state index contributed by atoms with van der Waals surface area (Å²) in [5.41, 5.74) is 4.12. The zero-order valence-corrected chi connectivity index (χ0v) is 16.9. The van der Waals surface area contributed by atoms with Gasteiger partial charge in [0, 0.05) is 43.3 Å². The molecule has 1 saturated heterocycles. The Kier molecular flexibility index (Phi) is 5.43. The van der Waals surface area contributed by atoms with E-state index in [1.165, 1.54) is 5.56 Å². The molecule has 0 unspecified atom stereocenters. The van der Waals surface area contributed by atoms with Crippen LogP contribution in [-0.4, -0.2) is 42.3 Å². The number of anilines is 1. The highest BCUT2D eigenvalue weighted by Crippen LogP contribution is 2.31. The molecule has 0 spiro atoms. The van der Waals surface area contributed by atoms with Crippen LogP contribution in [0.5, 0.6) is 0 Å². The molecule has 3 aromatic rings. The number of rotatable bonds is 4. The normalized spacial score (nSPS) is 15.9. The van der Waals surface area contributed by atoms with E-state index in [-0.39, 0.29) is 0 Å². The van der Waals surface area contributed by atoms with E-state index in [4.69, 9.17) is 16.6 Å². The van der Waals surface area contributed by atoms with E-state index < -0.39 is 0 Å². The van der Waals surface area contributed by atoms with E-state index in [1.807, 2.05) is 37.3 Å². The van der Waals surface area contributed by atoms with Gasteiger partial charge in [0.05, 0.1) is 10.2 Å². The summed E-state index contributed by atoms with van der Waals surface area (Å²) in [6.07, 6.45) is 2.03. The van der Waals surface area contributed by atoms with Crippen LogP contribution in [0, 0.1) is 6.92 Å². The smallest absolute Gasteiger partial charge is 0.186 e. The molecule has 6 heteroatoms. The molecule has 4 rings (SSSR count). The Labute approximate surface area is 168 Å². The van der Waals surface area contributed by atoms with Gasteiger partial charge in [0.1, 0.15) is 6.29 Å². The fraction of sp³-hybridized carbons (Fsp3) is 0.333. The fourth-order valence-corrected chi connectivity index (χ4v) is 4.95. The number of aryl methyl sites for hydroxylation is 1. The molecule has 1 aromatic heterocycles. The number of aromatic nitrogens is 1. The average molecular weight is 400 g/mol. The molecule has 0 atom stereocenters. The third kappa shape index (κ3) is 4.32. The summed E-state index contributed by atoms with van der Waals surface area (Å²) < 4.78 is 1.14. The Balaban J connectivity index is 1.45. The van der Waals surface area contributed by atoms with Crippen LogP contribution in [0.25, 0.3) is 10.2 Å². The summed E-state index contributed by atoms with van der Waals surface area (Å²) in [5, 5.41) is 1.83. The van der Waals surface area contributed by atoms with E-state index in [0.717, 1.165) is 76.9 Å². The first kappa shape index (κ1) is 18.4. The van der Waals surface area contributed by atoms with Crippen molar-refractivity contribution in [3.05, 3.63) is 58.1 Å². The Morgan fingerprint density at radius 2 is 2.04 bits per heavy atom. The standard InChI is InChI=1S/C21H22ClN3OS/c1-15-9-16(11-17(10-15)14-26)13-24-5-2-6-25(8-7-24)21-23-19-4-3-18(22)12-20(19)27-21/h3-4,9-12,14H,2,5-8,13H2,1H3. The van der Waals surface area contributed by atoms with E-state index in [1.54, 1.807) is 11.3 Å². The number of thiazole rings is 1. The Morgan fingerprint density at radius 1 is 1.15 bits per heavy atom. The first-order valence-electron chi connectivity index (χ1n) is 9.20. The van der Waals surface area contributed by atoms with Crippen LogP contribution in [0.1, 0.15) is 27.9 Å². The monoisotopic (exact) mass is 399 g/mol. The predicted octanol–water partition coefficient (Wildman–Crippen LogP) is 4.78. The number of fused-ring (bicyclic) bond motifs is 1. The maximum Gasteiger partial charge on any atom is 0.186 e. The SMILES string of the molecule is Cc1cc(C=O)cc(CN2CCCN(c3nc4ccc(Cl)cc4s3)CC2)c1. The predicted molar refractivity (Wildman–Crippen MR) is 113 cm³/mol. The third-order valence-corrected chi connectivity index (χ3v) is 6.21. The molecule has 0 bridgehead atoms. The highest BCUT2D eigenvalue weighted by Gasteiger charge is 2.18. The van der Waals surface area contributed by atoms with Gasteiger partial charge >= 0.3 is 0 Å². The second-order valence-corrected chi connectivity index (χ2v) is 8.54. The molecular weight excluding hydrogens is 378 g/mol. The van der Waals surface area contributed by atoms with Gasteiger partial charge in [-0.25, -0.2) is 4.98 Å². The van der Waals surface area contributed by atoms with Crippen molar-refractivity contribution in [1.82, 2.24) is 9.88 Å².